The van der Waals surface area contributed by atoms with Gasteiger partial charge in [-0.15, -0.1) is 4.98 Å². The quantitative estimate of drug-likeness (QED) is 0.733. The van der Waals surface area contributed by atoms with Crippen molar-refractivity contribution in [2.75, 3.05) is 38.8 Å². The van der Waals surface area contributed by atoms with Gasteiger partial charge in [-0.25, -0.2) is 0 Å². The van der Waals surface area contributed by atoms with Crippen molar-refractivity contribution in [3.05, 3.63) is 24.0 Å². The third-order valence-corrected chi connectivity index (χ3v) is 4.35. The van der Waals surface area contributed by atoms with E-state index >= 15 is 0 Å². The van der Waals surface area contributed by atoms with E-state index < -0.39 is 11.9 Å². The lowest BCUT2D eigenvalue weighted by Crippen LogP contribution is -2.36. The van der Waals surface area contributed by atoms with E-state index in [9.17, 15) is 13.2 Å². The number of hydrogen-bond donors (Lipinski definition) is 0. The van der Waals surface area contributed by atoms with E-state index in [4.69, 9.17) is 14.2 Å². The van der Waals surface area contributed by atoms with Gasteiger partial charge in [0, 0.05) is 25.4 Å². The van der Waals surface area contributed by atoms with Crippen molar-refractivity contribution in [2.24, 2.45) is 5.92 Å². The van der Waals surface area contributed by atoms with Crippen LogP contribution in [0.25, 0.3) is 0 Å². The molecule has 3 heterocycles. The lowest BCUT2D eigenvalue weighted by molar-refractivity contribution is -0.141. The number of piperidine rings is 1. The molecule has 1 saturated heterocycles. The van der Waals surface area contributed by atoms with Gasteiger partial charge in [0.2, 0.25) is 5.95 Å². The summed E-state index contributed by atoms with van der Waals surface area (Å²) in [5.41, 5.74) is -0.961. The minimum atomic E-state index is -4.49. The van der Waals surface area contributed by atoms with Gasteiger partial charge in [0.25, 0.3) is 0 Å². The fourth-order valence-electron chi connectivity index (χ4n) is 2.82. The third-order valence-electron chi connectivity index (χ3n) is 4.35. The molecular formula is C17H20F3N5O3. The Morgan fingerprint density at radius 1 is 1.07 bits per heavy atom. The molecule has 0 N–H and O–H groups in total. The van der Waals surface area contributed by atoms with Gasteiger partial charge < -0.3 is 19.1 Å². The second-order valence-corrected chi connectivity index (χ2v) is 6.22. The maximum Gasteiger partial charge on any atom is 0.433 e. The average Bonchev–Trinajstić information content (AvgIpc) is 2.71. The van der Waals surface area contributed by atoms with Gasteiger partial charge in [-0.2, -0.15) is 23.1 Å². The molecule has 0 aromatic carbocycles. The van der Waals surface area contributed by atoms with Crippen LogP contribution in [0.4, 0.5) is 19.1 Å². The number of nitrogens with zero attached hydrogens (tertiary/aromatic N) is 5. The number of anilines is 1. The van der Waals surface area contributed by atoms with Crippen LogP contribution >= 0.6 is 0 Å². The van der Waals surface area contributed by atoms with Crippen molar-refractivity contribution < 1.29 is 27.4 Å². The molecule has 0 radical (unpaired) electrons. The highest BCUT2D eigenvalue weighted by atomic mass is 19.4. The normalized spacial score (nSPS) is 15.4. The number of pyridine rings is 1. The SMILES string of the molecule is COc1nc(OC)nc(N2CCC(COc3ccnc(C(F)(F)F)c3)CC2)n1. The molecule has 3 rings (SSSR count). The standard InChI is InChI=1S/C17H20F3N5O3/c1-26-15-22-14(23-16(24-15)27-2)25-7-4-11(5-8-25)10-28-12-3-6-21-13(9-12)17(18,19)20/h3,6,9,11H,4-5,7-8,10H2,1-2H3. The van der Waals surface area contributed by atoms with Crippen LogP contribution in [0, 0.1) is 5.92 Å². The number of methoxy groups -OCH3 is 2. The van der Waals surface area contributed by atoms with Gasteiger partial charge in [-0.05, 0) is 24.8 Å². The van der Waals surface area contributed by atoms with Crippen molar-refractivity contribution in [3.8, 4) is 17.8 Å². The van der Waals surface area contributed by atoms with Crippen molar-refractivity contribution in [1.82, 2.24) is 19.9 Å². The highest BCUT2D eigenvalue weighted by molar-refractivity contribution is 5.32. The van der Waals surface area contributed by atoms with Gasteiger partial charge >= 0.3 is 18.2 Å². The van der Waals surface area contributed by atoms with Crippen molar-refractivity contribution in [1.29, 1.82) is 0 Å². The average molecular weight is 399 g/mol. The summed E-state index contributed by atoms with van der Waals surface area (Å²) in [5.74, 6) is 0.841. The Kier molecular flexibility index (Phi) is 6.00. The fourth-order valence-corrected chi connectivity index (χ4v) is 2.82. The summed E-state index contributed by atoms with van der Waals surface area (Å²) in [6, 6.07) is 2.68. The number of rotatable bonds is 6. The smallest absolute Gasteiger partial charge is 0.433 e. The van der Waals surface area contributed by atoms with Crippen LogP contribution in [0.5, 0.6) is 17.8 Å². The molecule has 1 fully saturated rings. The Morgan fingerprint density at radius 3 is 2.29 bits per heavy atom. The highest BCUT2D eigenvalue weighted by Crippen LogP contribution is 2.30. The van der Waals surface area contributed by atoms with E-state index in [0.29, 0.717) is 25.6 Å². The molecule has 0 amide bonds. The Balaban J connectivity index is 1.55. The molecule has 28 heavy (non-hydrogen) atoms. The molecule has 8 nitrogen and oxygen atoms in total. The van der Waals surface area contributed by atoms with Crippen LogP contribution in [-0.2, 0) is 6.18 Å². The molecule has 0 atom stereocenters. The second-order valence-electron chi connectivity index (χ2n) is 6.22. The van der Waals surface area contributed by atoms with E-state index in [0.717, 1.165) is 25.1 Å². The summed E-state index contributed by atoms with van der Waals surface area (Å²) in [5, 5.41) is 0. The third kappa shape index (κ3) is 4.90. The van der Waals surface area contributed by atoms with E-state index in [2.05, 4.69) is 19.9 Å². The Labute approximate surface area is 159 Å². The molecule has 0 saturated carbocycles. The van der Waals surface area contributed by atoms with Crippen molar-refractivity contribution >= 4 is 5.95 Å². The lowest BCUT2D eigenvalue weighted by atomic mass is 9.98. The first-order valence-electron chi connectivity index (χ1n) is 8.64. The predicted octanol–water partition coefficient (Wildman–Crippen LogP) is 2.60. The highest BCUT2D eigenvalue weighted by Gasteiger charge is 2.32. The molecule has 0 bridgehead atoms. The zero-order valence-corrected chi connectivity index (χ0v) is 15.4. The van der Waals surface area contributed by atoms with E-state index in [1.165, 1.54) is 20.3 Å². The van der Waals surface area contributed by atoms with Crippen molar-refractivity contribution in [2.45, 2.75) is 19.0 Å². The molecular weight excluding hydrogens is 379 g/mol. The largest absolute Gasteiger partial charge is 0.493 e. The minimum absolute atomic E-state index is 0.164. The van der Waals surface area contributed by atoms with Gasteiger partial charge in [-0.3, -0.25) is 4.98 Å². The number of aromatic nitrogens is 4. The first-order chi connectivity index (χ1) is 13.4. The summed E-state index contributed by atoms with van der Waals surface area (Å²) in [4.78, 5) is 17.7. The monoisotopic (exact) mass is 399 g/mol. The lowest BCUT2D eigenvalue weighted by Gasteiger charge is -2.31. The Bertz CT molecular complexity index is 776. The minimum Gasteiger partial charge on any atom is -0.493 e. The summed E-state index contributed by atoms with van der Waals surface area (Å²) in [6.45, 7) is 1.68. The van der Waals surface area contributed by atoms with Gasteiger partial charge in [-0.1, -0.05) is 0 Å². The van der Waals surface area contributed by atoms with Crippen LogP contribution in [0.2, 0.25) is 0 Å². The molecule has 2 aromatic heterocycles. The van der Waals surface area contributed by atoms with Crippen LogP contribution in [-0.4, -0.2) is 53.9 Å². The summed E-state index contributed by atoms with van der Waals surface area (Å²) >= 11 is 0. The van der Waals surface area contributed by atoms with Crippen LogP contribution in [0.3, 0.4) is 0 Å². The molecule has 0 aliphatic carbocycles. The van der Waals surface area contributed by atoms with Gasteiger partial charge in [0.15, 0.2) is 0 Å². The molecule has 0 spiro atoms. The van der Waals surface area contributed by atoms with E-state index in [1.807, 2.05) is 4.90 Å². The van der Waals surface area contributed by atoms with Crippen LogP contribution < -0.4 is 19.1 Å². The Hall–Kier alpha value is -2.85. The number of alkyl halides is 3. The molecule has 2 aromatic rings. The zero-order valence-electron chi connectivity index (χ0n) is 15.4. The first-order valence-corrected chi connectivity index (χ1v) is 8.64. The van der Waals surface area contributed by atoms with Crippen LogP contribution in [0.1, 0.15) is 18.5 Å². The molecule has 152 valence electrons. The van der Waals surface area contributed by atoms with E-state index in [1.54, 1.807) is 0 Å². The molecule has 1 aliphatic heterocycles. The van der Waals surface area contributed by atoms with Crippen molar-refractivity contribution in [3.63, 3.8) is 0 Å². The second kappa shape index (κ2) is 8.44. The molecule has 0 unspecified atom stereocenters. The molecule has 1 aliphatic rings. The summed E-state index contributed by atoms with van der Waals surface area (Å²) in [6.07, 6.45) is -1.82. The van der Waals surface area contributed by atoms with Gasteiger partial charge in [0.1, 0.15) is 11.4 Å². The zero-order chi connectivity index (χ0) is 20.1. The van der Waals surface area contributed by atoms with Gasteiger partial charge in [0.05, 0.1) is 20.8 Å². The van der Waals surface area contributed by atoms with E-state index in [-0.39, 0.29) is 23.7 Å². The maximum atomic E-state index is 12.7. The van der Waals surface area contributed by atoms with Crippen LogP contribution in [0.15, 0.2) is 18.3 Å². The topological polar surface area (TPSA) is 82.5 Å². The number of halogens is 3. The summed E-state index contributed by atoms with van der Waals surface area (Å²) < 4.78 is 53.8. The molecule has 11 heteroatoms. The predicted molar refractivity (Wildman–Crippen MR) is 92.6 cm³/mol. The fraction of sp³-hybridized carbons (Fsp3) is 0.529. The Morgan fingerprint density at radius 2 is 1.71 bits per heavy atom. The number of hydrogen-bond acceptors (Lipinski definition) is 8. The number of ether oxygens (including phenoxy) is 3. The summed E-state index contributed by atoms with van der Waals surface area (Å²) in [7, 11) is 2.93. The first kappa shape index (κ1) is 19.9. The maximum absolute atomic E-state index is 12.7.